The summed E-state index contributed by atoms with van der Waals surface area (Å²) in [6, 6.07) is 2.84. The summed E-state index contributed by atoms with van der Waals surface area (Å²) in [5, 5.41) is 4.57. The van der Waals surface area contributed by atoms with E-state index in [2.05, 4.69) is 32.6 Å². The molecule has 3 aliphatic rings. The molecule has 4 rings (SSSR count). The monoisotopic (exact) mass is 332 g/mol. The van der Waals surface area contributed by atoms with Crippen LogP contribution in [0.4, 0.5) is 0 Å². The molecule has 0 spiro atoms. The zero-order valence-corrected chi connectivity index (χ0v) is 14.8. The van der Waals surface area contributed by atoms with Crippen molar-refractivity contribution < 1.29 is 9.53 Å². The van der Waals surface area contributed by atoms with E-state index in [1.807, 2.05) is 6.92 Å². The second kappa shape index (κ2) is 6.48. The zero-order chi connectivity index (χ0) is 16.7. The Balaban J connectivity index is 1.32. The minimum Gasteiger partial charge on any atom is -0.374 e. The highest BCUT2D eigenvalue weighted by Crippen LogP contribution is 2.29. The van der Waals surface area contributed by atoms with Gasteiger partial charge in [-0.05, 0) is 32.8 Å². The van der Waals surface area contributed by atoms with Gasteiger partial charge in [-0.2, -0.15) is 5.10 Å². The van der Waals surface area contributed by atoms with Crippen LogP contribution in [-0.4, -0.2) is 70.4 Å². The molecule has 1 amide bonds. The quantitative estimate of drug-likeness (QED) is 0.842. The van der Waals surface area contributed by atoms with Crippen molar-refractivity contribution in [1.82, 2.24) is 19.6 Å². The zero-order valence-electron chi connectivity index (χ0n) is 14.8. The van der Waals surface area contributed by atoms with Crippen molar-refractivity contribution in [1.29, 1.82) is 0 Å². The van der Waals surface area contributed by atoms with Gasteiger partial charge in [0, 0.05) is 25.3 Å². The number of ether oxygens (including phenoxy) is 1. The molecule has 0 radical (unpaired) electrons. The first-order chi connectivity index (χ1) is 11.6. The van der Waals surface area contributed by atoms with Gasteiger partial charge in [-0.25, -0.2) is 0 Å². The number of hydrogen-bond acceptors (Lipinski definition) is 4. The summed E-state index contributed by atoms with van der Waals surface area (Å²) in [5.74, 6) is 0.280. The van der Waals surface area contributed by atoms with Crippen molar-refractivity contribution in [2.24, 2.45) is 0 Å². The summed E-state index contributed by atoms with van der Waals surface area (Å²) in [4.78, 5) is 17.1. The third-order valence-corrected chi connectivity index (χ3v) is 5.74. The van der Waals surface area contributed by atoms with E-state index in [1.54, 1.807) is 0 Å². The first-order valence-corrected chi connectivity index (χ1v) is 9.28. The van der Waals surface area contributed by atoms with Gasteiger partial charge in [-0.3, -0.25) is 14.4 Å². The maximum absolute atomic E-state index is 12.8. The number of morpholine rings is 1. The first kappa shape index (κ1) is 16.1. The Morgan fingerprint density at radius 1 is 1.29 bits per heavy atom. The maximum Gasteiger partial charge on any atom is 0.237 e. The van der Waals surface area contributed by atoms with Gasteiger partial charge < -0.3 is 9.64 Å². The van der Waals surface area contributed by atoms with Crippen LogP contribution in [0.25, 0.3) is 0 Å². The van der Waals surface area contributed by atoms with Crippen molar-refractivity contribution in [3.63, 3.8) is 0 Å². The van der Waals surface area contributed by atoms with E-state index in [1.165, 1.54) is 18.5 Å². The van der Waals surface area contributed by atoms with Gasteiger partial charge >= 0.3 is 0 Å². The van der Waals surface area contributed by atoms with Gasteiger partial charge in [-0.1, -0.05) is 12.8 Å². The van der Waals surface area contributed by atoms with E-state index in [0.29, 0.717) is 25.2 Å². The number of carbonyl (C=O) groups excluding carboxylic acids is 1. The lowest BCUT2D eigenvalue weighted by atomic mass is 9.90. The molecule has 0 N–H and O–H groups in total. The molecule has 1 aromatic heterocycles. The predicted molar refractivity (Wildman–Crippen MR) is 90.9 cm³/mol. The van der Waals surface area contributed by atoms with E-state index < -0.39 is 0 Å². The highest BCUT2D eigenvalue weighted by molar-refractivity contribution is 5.79. The molecule has 1 aromatic rings. The summed E-state index contributed by atoms with van der Waals surface area (Å²) < 4.78 is 7.99. The lowest BCUT2D eigenvalue weighted by Crippen LogP contribution is -2.59. The molecule has 24 heavy (non-hydrogen) atoms. The third kappa shape index (κ3) is 2.97. The van der Waals surface area contributed by atoms with Crippen LogP contribution in [0.15, 0.2) is 6.07 Å². The van der Waals surface area contributed by atoms with Gasteiger partial charge in [0.25, 0.3) is 0 Å². The van der Waals surface area contributed by atoms with Crippen molar-refractivity contribution in [2.45, 2.75) is 57.7 Å². The molecule has 1 saturated carbocycles. The maximum atomic E-state index is 12.8. The molecular formula is C18H28N4O2. The molecule has 2 atom stereocenters. The van der Waals surface area contributed by atoms with Crippen LogP contribution in [0.5, 0.6) is 0 Å². The number of rotatable bonds is 3. The number of hydrogen-bond donors (Lipinski definition) is 0. The van der Waals surface area contributed by atoms with Crippen LogP contribution < -0.4 is 0 Å². The number of likely N-dealkylation sites (tertiary alicyclic amines) is 1. The minimum atomic E-state index is 0.273. The largest absolute Gasteiger partial charge is 0.374 e. The van der Waals surface area contributed by atoms with Crippen LogP contribution in [0.3, 0.4) is 0 Å². The summed E-state index contributed by atoms with van der Waals surface area (Å²) in [6.07, 6.45) is 4.94. The smallest absolute Gasteiger partial charge is 0.237 e. The van der Waals surface area contributed by atoms with E-state index in [9.17, 15) is 4.79 Å². The van der Waals surface area contributed by atoms with Crippen molar-refractivity contribution in [3.05, 3.63) is 17.5 Å². The number of nitrogens with zero attached hydrogens (tertiary/aromatic N) is 4. The van der Waals surface area contributed by atoms with E-state index in [0.717, 1.165) is 38.2 Å². The van der Waals surface area contributed by atoms with Crippen LogP contribution in [0.2, 0.25) is 0 Å². The number of carbonyl (C=O) groups is 1. The van der Waals surface area contributed by atoms with Crippen LogP contribution in [-0.2, 0) is 9.53 Å². The highest BCUT2D eigenvalue weighted by atomic mass is 16.5. The van der Waals surface area contributed by atoms with E-state index >= 15 is 0 Å². The van der Waals surface area contributed by atoms with Gasteiger partial charge in [-0.15, -0.1) is 0 Å². The molecule has 6 nitrogen and oxygen atoms in total. The molecule has 132 valence electrons. The Morgan fingerprint density at radius 3 is 2.83 bits per heavy atom. The van der Waals surface area contributed by atoms with Crippen molar-refractivity contribution in [3.8, 4) is 0 Å². The average Bonchev–Trinajstić information content (AvgIpc) is 2.87. The number of aromatic nitrogens is 2. The van der Waals surface area contributed by atoms with Gasteiger partial charge in [0.15, 0.2) is 0 Å². The third-order valence-electron chi connectivity index (χ3n) is 5.74. The Kier molecular flexibility index (Phi) is 4.35. The molecular weight excluding hydrogens is 304 g/mol. The molecule has 0 unspecified atom stereocenters. The van der Waals surface area contributed by atoms with E-state index in [-0.39, 0.29) is 12.0 Å². The Hall–Kier alpha value is -1.40. The fourth-order valence-electron chi connectivity index (χ4n) is 4.53. The number of amides is 1. The normalized spacial score (nSPS) is 28.5. The van der Waals surface area contributed by atoms with Crippen molar-refractivity contribution in [2.75, 3.05) is 32.8 Å². The number of aryl methyl sites for hydroxylation is 2. The predicted octanol–water partition coefficient (Wildman–Crippen LogP) is 1.53. The summed E-state index contributed by atoms with van der Waals surface area (Å²) in [7, 11) is 0. The average molecular weight is 332 g/mol. The van der Waals surface area contributed by atoms with Gasteiger partial charge in [0.05, 0.1) is 37.0 Å². The lowest BCUT2D eigenvalue weighted by Gasteiger charge is -2.45. The molecule has 0 aromatic carbocycles. The first-order valence-electron chi connectivity index (χ1n) is 9.28. The molecule has 2 aliphatic heterocycles. The van der Waals surface area contributed by atoms with Crippen molar-refractivity contribution >= 4 is 5.91 Å². The Morgan fingerprint density at radius 2 is 2.08 bits per heavy atom. The highest BCUT2D eigenvalue weighted by Gasteiger charge is 2.38. The topological polar surface area (TPSA) is 50.6 Å². The molecule has 1 aliphatic carbocycles. The van der Waals surface area contributed by atoms with Gasteiger partial charge in [0.1, 0.15) is 0 Å². The molecule has 2 saturated heterocycles. The lowest BCUT2D eigenvalue weighted by molar-refractivity contribution is -0.152. The van der Waals surface area contributed by atoms with Crippen LogP contribution in [0, 0.1) is 13.8 Å². The molecule has 0 bridgehead atoms. The van der Waals surface area contributed by atoms with E-state index in [4.69, 9.17) is 4.74 Å². The number of fused-ring (bicyclic) bond motifs is 1. The van der Waals surface area contributed by atoms with Crippen LogP contribution >= 0.6 is 0 Å². The fourth-order valence-corrected chi connectivity index (χ4v) is 4.53. The minimum absolute atomic E-state index is 0.273. The summed E-state index contributed by atoms with van der Waals surface area (Å²) in [5.41, 5.74) is 2.28. The standard InChI is InChI=1S/C18H28N4O2/c1-13-9-14(2)22(19-13)15-10-20(11-15)12-18(23)21-7-8-24-17-6-4-3-5-16(17)21/h9,15-17H,3-8,10-12H2,1-2H3/t16-,17+/m1/s1. The molecule has 3 heterocycles. The second-order valence-electron chi connectivity index (χ2n) is 7.57. The second-order valence-corrected chi connectivity index (χ2v) is 7.57. The van der Waals surface area contributed by atoms with Gasteiger partial charge in [0.2, 0.25) is 5.91 Å². The molecule has 3 fully saturated rings. The Labute approximate surface area is 143 Å². The fraction of sp³-hybridized carbons (Fsp3) is 0.778. The van der Waals surface area contributed by atoms with Crippen LogP contribution in [0.1, 0.15) is 43.1 Å². The molecule has 6 heteroatoms. The Bertz CT molecular complexity index is 606. The summed E-state index contributed by atoms with van der Waals surface area (Å²) >= 11 is 0. The SMILES string of the molecule is Cc1cc(C)n(C2CN(CC(=O)N3CCO[C@H]4CCCC[C@H]43)C2)n1. The summed E-state index contributed by atoms with van der Waals surface area (Å²) in [6.45, 7) is 7.97.